The molecule has 4 heterocycles. The first-order valence-electron chi connectivity index (χ1n) is 13.8. The van der Waals surface area contributed by atoms with Gasteiger partial charge < -0.3 is 83.9 Å². The maximum atomic E-state index is 11.1. The average molecular weight is 685 g/mol. The molecular weight excluding hydrogens is 644 g/mol. The molecule has 0 spiro atoms. The Morgan fingerprint density at radius 1 is 0.689 bits per heavy atom. The van der Waals surface area contributed by atoms with Gasteiger partial charge in [0.1, 0.15) is 79.4 Å². The van der Waals surface area contributed by atoms with E-state index in [9.17, 15) is 54.4 Å². The zero-order valence-electron chi connectivity index (χ0n) is 23.9. The van der Waals surface area contributed by atoms with Gasteiger partial charge in [-0.2, -0.15) is 8.42 Å². The Hall–Kier alpha value is -0.810. The molecule has 0 bridgehead atoms. The number of methoxy groups -OCH3 is 1. The third-order valence-corrected chi connectivity index (χ3v) is 8.34. The van der Waals surface area contributed by atoms with Crippen molar-refractivity contribution in [2.45, 2.75) is 118 Å². The van der Waals surface area contributed by atoms with Gasteiger partial charge in [-0.05, 0) is 6.92 Å². The highest BCUT2D eigenvalue weighted by Gasteiger charge is 2.54. The minimum Gasteiger partial charge on any atom is -0.394 e. The predicted octanol–water partition coefficient (Wildman–Crippen LogP) is -6.96. The van der Waals surface area contributed by atoms with Crippen LogP contribution in [-0.2, 0) is 52.5 Å². The lowest BCUT2D eigenvalue weighted by Gasteiger charge is -2.48. The molecular formula is C23H40O21S. The van der Waals surface area contributed by atoms with Crippen molar-refractivity contribution in [3.63, 3.8) is 0 Å². The van der Waals surface area contributed by atoms with Gasteiger partial charge in [0.2, 0.25) is 0 Å². The molecule has 1 unspecified atom stereocenters. The molecule has 4 saturated heterocycles. The van der Waals surface area contributed by atoms with Crippen LogP contribution in [0, 0.1) is 0 Å². The van der Waals surface area contributed by atoms with E-state index in [2.05, 4.69) is 4.18 Å². The van der Waals surface area contributed by atoms with E-state index < -0.39 is 134 Å². The van der Waals surface area contributed by atoms with Gasteiger partial charge in [-0.1, -0.05) is 0 Å². The molecule has 0 aliphatic carbocycles. The third-order valence-electron chi connectivity index (χ3n) is 7.85. The van der Waals surface area contributed by atoms with Crippen LogP contribution in [0.3, 0.4) is 0 Å². The first kappa shape index (κ1) is 37.0. The highest BCUT2D eigenvalue weighted by molar-refractivity contribution is 7.80. The van der Waals surface area contributed by atoms with E-state index in [0.29, 0.717) is 0 Å². The maximum Gasteiger partial charge on any atom is 0.397 e. The maximum absolute atomic E-state index is 11.1. The van der Waals surface area contributed by atoms with Gasteiger partial charge >= 0.3 is 10.4 Å². The summed E-state index contributed by atoms with van der Waals surface area (Å²) in [5.41, 5.74) is 0. The Kier molecular flexibility index (Phi) is 12.5. The first-order chi connectivity index (χ1) is 21.1. The number of aliphatic hydroxyl groups is 9. The number of aliphatic hydroxyl groups excluding tert-OH is 9. The van der Waals surface area contributed by atoms with Crippen molar-refractivity contribution < 1.29 is 101 Å². The van der Waals surface area contributed by atoms with Crippen LogP contribution in [0.15, 0.2) is 0 Å². The van der Waals surface area contributed by atoms with Gasteiger partial charge in [-0.25, -0.2) is 4.18 Å². The van der Waals surface area contributed by atoms with Crippen LogP contribution in [0.5, 0.6) is 0 Å². The van der Waals surface area contributed by atoms with Crippen LogP contribution in [0.1, 0.15) is 6.92 Å². The molecule has 22 heteroatoms. The molecule has 0 amide bonds. The number of rotatable bonds is 10. The summed E-state index contributed by atoms with van der Waals surface area (Å²) in [5.74, 6) is 0. The van der Waals surface area contributed by atoms with E-state index in [1.807, 2.05) is 0 Å². The highest BCUT2D eigenvalue weighted by atomic mass is 32.3. The zero-order valence-corrected chi connectivity index (χ0v) is 24.7. The van der Waals surface area contributed by atoms with Crippen LogP contribution in [0.2, 0.25) is 0 Å². The first-order valence-corrected chi connectivity index (χ1v) is 15.2. The van der Waals surface area contributed by atoms with Crippen molar-refractivity contribution in [1.82, 2.24) is 0 Å². The van der Waals surface area contributed by atoms with E-state index >= 15 is 0 Å². The Balaban J connectivity index is 1.43. The van der Waals surface area contributed by atoms with Crippen molar-refractivity contribution in [3.05, 3.63) is 0 Å². The smallest absolute Gasteiger partial charge is 0.394 e. The summed E-state index contributed by atoms with van der Waals surface area (Å²) in [4.78, 5) is 0. The SMILES string of the molecule is CO[C@@H]1[C@@H](O)[C@H](O[C@@H]2[C@@H](O)[C@H](O[C@H]3[C@H](O)[C@@H](O)[C@H](O[C@H]4C(O)OC[C@@H](OS(=O)(=O)O)[C@@H]4O)O[C@@H]3C)O[C@H](CO)[C@H]2O)OC[C@H]1O. The lowest BCUT2D eigenvalue weighted by molar-refractivity contribution is -0.382. The number of ether oxygens (including phenoxy) is 8. The normalized spacial score (nSPS) is 50.0. The van der Waals surface area contributed by atoms with Gasteiger partial charge in [0.15, 0.2) is 25.2 Å². The molecule has 4 aliphatic heterocycles. The molecule has 0 saturated carbocycles. The second-order valence-corrected chi connectivity index (χ2v) is 12.0. The summed E-state index contributed by atoms with van der Waals surface area (Å²) >= 11 is 0. The summed E-state index contributed by atoms with van der Waals surface area (Å²) in [6.45, 7) is -0.438. The van der Waals surface area contributed by atoms with Crippen LogP contribution < -0.4 is 0 Å². The van der Waals surface area contributed by atoms with E-state index in [1.165, 1.54) is 14.0 Å². The fourth-order valence-corrected chi connectivity index (χ4v) is 5.92. The molecule has 264 valence electrons. The second-order valence-electron chi connectivity index (χ2n) is 10.9. The zero-order chi connectivity index (χ0) is 33.4. The standard InChI is InChI=1S/C23H40O21S/c1-6-16(12(28)13(29)22(39-6)43-19-11(27)9(5-37-20(19)32)44-45(33,34)35)41-23-15(31)18(10(26)8(3-24)40-23)42-21-14(30)17(36-2)7(25)4-38-21/h6-32H,3-5H2,1-2H3,(H,33,34,35)/t6-,7-,8-,9-,10-,11+,12-,13-,14-,15-,16-,17+,18+,19-,20?,21+,22+,23+/m1/s1. The summed E-state index contributed by atoms with van der Waals surface area (Å²) in [7, 11) is -3.81. The quantitative estimate of drug-likeness (QED) is 0.0956. The molecule has 18 atom stereocenters. The van der Waals surface area contributed by atoms with Gasteiger partial charge in [-0.15, -0.1) is 0 Å². The van der Waals surface area contributed by atoms with Crippen LogP contribution in [-0.4, -0.2) is 196 Å². The average Bonchev–Trinajstić information content (AvgIpc) is 2.97. The van der Waals surface area contributed by atoms with Gasteiger partial charge in [0, 0.05) is 7.11 Å². The van der Waals surface area contributed by atoms with Crippen LogP contribution in [0.4, 0.5) is 0 Å². The van der Waals surface area contributed by atoms with Crippen molar-refractivity contribution in [2.75, 3.05) is 26.9 Å². The lowest BCUT2D eigenvalue weighted by atomic mass is 9.96. The third kappa shape index (κ3) is 8.26. The predicted molar refractivity (Wildman–Crippen MR) is 136 cm³/mol. The van der Waals surface area contributed by atoms with E-state index in [1.54, 1.807) is 0 Å². The molecule has 4 aliphatic rings. The molecule has 10 N–H and O–H groups in total. The number of hydrogen-bond acceptors (Lipinski definition) is 20. The van der Waals surface area contributed by atoms with Crippen LogP contribution >= 0.6 is 0 Å². The molecule has 0 aromatic rings. The van der Waals surface area contributed by atoms with E-state index in [-0.39, 0.29) is 6.61 Å². The minimum atomic E-state index is -5.04. The number of hydrogen-bond donors (Lipinski definition) is 10. The Bertz CT molecular complexity index is 1050. The highest BCUT2D eigenvalue weighted by Crippen LogP contribution is 2.33. The summed E-state index contributed by atoms with van der Waals surface area (Å²) in [6, 6.07) is 0. The van der Waals surface area contributed by atoms with Crippen LogP contribution in [0.25, 0.3) is 0 Å². The van der Waals surface area contributed by atoms with Crippen molar-refractivity contribution >= 4 is 10.4 Å². The summed E-state index contributed by atoms with van der Waals surface area (Å²) < 4.78 is 78.4. The van der Waals surface area contributed by atoms with E-state index in [0.717, 1.165) is 0 Å². The van der Waals surface area contributed by atoms with E-state index in [4.69, 9.17) is 42.4 Å². The Labute approximate surface area is 256 Å². The topological polar surface area (TPSA) is 320 Å². The second kappa shape index (κ2) is 15.2. The van der Waals surface area contributed by atoms with Gasteiger partial charge in [-0.3, -0.25) is 4.55 Å². The lowest BCUT2D eigenvalue weighted by Crippen LogP contribution is -2.66. The Morgan fingerprint density at radius 2 is 1.29 bits per heavy atom. The largest absolute Gasteiger partial charge is 0.397 e. The summed E-state index contributed by atoms with van der Waals surface area (Å²) in [6.07, 6.45) is -29.4. The molecule has 45 heavy (non-hydrogen) atoms. The molecule has 0 aromatic carbocycles. The van der Waals surface area contributed by atoms with Crippen molar-refractivity contribution in [1.29, 1.82) is 0 Å². The molecule has 4 rings (SSSR count). The fourth-order valence-electron chi connectivity index (χ4n) is 5.44. The van der Waals surface area contributed by atoms with Gasteiger partial charge in [0.05, 0.1) is 25.9 Å². The van der Waals surface area contributed by atoms with Crippen molar-refractivity contribution in [3.8, 4) is 0 Å². The molecule has 4 fully saturated rings. The molecule has 0 aromatic heterocycles. The molecule has 0 radical (unpaired) electrons. The monoisotopic (exact) mass is 684 g/mol. The van der Waals surface area contributed by atoms with Gasteiger partial charge in [0.25, 0.3) is 0 Å². The Morgan fingerprint density at radius 3 is 1.91 bits per heavy atom. The summed E-state index contributed by atoms with van der Waals surface area (Å²) in [5, 5.41) is 94.2. The molecule has 21 nitrogen and oxygen atoms in total. The fraction of sp³-hybridized carbons (Fsp3) is 1.00. The minimum absolute atomic E-state index is 0.321. The van der Waals surface area contributed by atoms with Crippen molar-refractivity contribution in [2.24, 2.45) is 0 Å².